The molecule has 1 fully saturated rings. The fourth-order valence-corrected chi connectivity index (χ4v) is 3.91. The summed E-state index contributed by atoms with van der Waals surface area (Å²) >= 11 is 0. The highest BCUT2D eigenvalue weighted by atomic mass is 19.1. The topological polar surface area (TPSA) is 94.3 Å². The fourth-order valence-electron chi connectivity index (χ4n) is 3.91. The number of amides is 2. The van der Waals surface area contributed by atoms with Gasteiger partial charge in [0.15, 0.2) is 5.82 Å². The van der Waals surface area contributed by atoms with Crippen molar-refractivity contribution in [1.82, 2.24) is 24.4 Å². The van der Waals surface area contributed by atoms with Gasteiger partial charge in [-0.15, -0.1) is 0 Å². The number of anilines is 1. The smallest absolute Gasteiger partial charge is 0.414 e. The van der Waals surface area contributed by atoms with E-state index in [4.69, 9.17) is 4.74 Å². The van der Waals surface area contributed by atoms with Crippen molar-refractivity contribution in [2.75, 3.05) is 18.0 Å². The first-order valence-electron chi connectivity index (χ1n) is 10.4. The number of rotatable bonds is 5. The third kappa shape index (κ3) is 3.79. The first-order valence-corrected chi connectivity index (χ1v) is 10.4. The Bertz CT molecular complexity index is 1380. The van der Waals surface area contributed by atoms with Crippen LogP contribution in [0.5, 0.6) is 0 Å². The molecule has 2 amide bonds. The predicted molar refractivity (Wildman–Crippen MR) is 120 cm³/mol. The number of fused-ring (bicyclic) bond motifs is 1. The molecule has 0 bridgehead atoms. The molecular weight excluding hydrogens is 427 g/mol. The highest BCUT2D eigenvalue weighted by molar-refractivity contribution is 5.90. The molecule has 2 aromatic carbocycles. The van der Waals surface area contributed by atoms with Crippen molar-refractivity contribution in [3.63, 3.8) is 0 Å². The van der Waals surface area contributed by atoms with Gasteiger partial charge in [0.2, 0.25) is 5.91 Å². The molecule has 0 spiro atoms. The molecule has 10 heteroatoms. The Kier molecular flexibility index (Phi) is 5.04. The van der Waals surface area contributed by atoms with Gasteiger partial charge in [-0.2, -0.15) is 0 Å². The summed E-state index contributed by atoms with van der Waals surface area (Å²) in [4.78, 5) is 33.7. The minimum absolute atomic E-state index is 0.207. The van der Waals surface area contributed by atoms with Gasteiger partial charge < -0.3 is 19.2 Å². The summed E-state index contributed by atoms with van der Waals surface area (Å²) in [6, 6.07) is 12.3. The van der Waals surface area contributed by atoms with Crippen LogP contribution in [0.4, 0.5) is 14.9 Å². The molecule has 9 nitrogen and oxygen atoms in total. The minimum atomic E-state index is -0.579. The molecule has 3 heterocycles. The maximum Gasteiger partial charge on any atom is 0.414 e. The number of nitrogens with zero attached hydrogens (tertiary/aromatic N) is 5. The first kappa shape index (κ1) is 20.7. The quantitative estimate of drug-likeness (QED) is 0.507. The molecule has 168 valence electrons. The summed E-state index contributed by atoms with van der Waals surface area (Å²) in [5, 5.41) is 2.62. The van der Waals surface area contributed by atoms with Crippen LogP contribution in [0.3, 0.4) is 0 Å². The van der Waals surface area contributed by atoms with Crippen LogP contribution in [0.1, 0.15) is 6.92 Å². The Balaban J connectivity index is 1.38. The monoisotopic (exact) mass is 448 g/mol. The van der Waals surface area contributed by atoms with E-state index in [1.807, 2.05) is 35.9 Å². The zero-order valence-corrected chi connectivity index (χ0v) is 18.0. The molecule has 1 saturated heterocycles. The molecule has 0 unspecified atom stereocenters. The molecule has 4 aromatic rings. The molecule has 33 heavy (non-hydrogen) atoms. The van der Waals surface area contributed by atoms with Crippen LogP contribution < -0.4 is 10.2 Å². The van der Waals surface area contributed by atoms with Crippen LogP contribution in [-0.4, -0.2) is 50.3 Å². The summed E-state index contributed by atoms with van der Waals surface area (Å²) in [6.07, 6.45) is 2.17. The van der Waals surface area contributed by atoms with Crippen LogP contribution in [0.2, 0.25) is 0 Å². The third-order valence-corrected chi connectivity index (χ3v) is 5.57. The fraction of sp³-hybridized carbons (Fsp3) is 0.217. The summed E-state index contributed by atoms with van der Waals surface area (Å²) in [5.74, 6) is -0.0465. The van der Waals surface area contributed by atoms with Crippen LogP contribution >= 0.6 is 0 Å². The lowest BCUT2D eigenvalue weighted by molar-refractivity contribution is -0.119. The summed E-state index contributed by atoms with van der Waals surface area (Å²) in [6.45, 7) is 1.82. The van der Waals surface area contributed by atoms with Gasteiger partial charge in [0.05, 0.1) is 35.5 Å². The molecule has 1 aliphatic heterocycles. The van der Waals surface area contributed by atoms with E-state index in [2.05, 4.69) is 15.3 Å². The number of aryl methyl sites for hydroxylation is 1. The number of aromatic nitrogens is 4. The van der Waals surface area contributed by atoms with Crippen LogP contribution in [0, 0.1) is 5.82 Å². The average molecular weight is 448 g/mol. The second-order valence-corrected chi connectivity index (χ2v) is 7.84. The van der Waals surface area contributed by atoms with Gasteiger partial charge in [0.25, 0.3) is 0 Å². The molecule has 5 rings (SSSR count). The minimum Gasteiger partial charge on any atom is -0.442 e. The number of hydrogen-bond donors (Lipinski definition) is 1. The van der Waals surface area contributed by atoms with Gasteiger partial charge in [-0.3, -0.25) is 9.69 Å². The third-order valence-electron chi connectivity index (χ3n) is 5.57. The molecule has 2 aromatic heterocycles. The SMILES string of the molecule is CC(=O)NC[C@H]1CN(c2ccc(-n3cnc(-c4nc5ccccc5n4C)c3)c(F)c2)C(=O)O1. The van der Waals surface area contributed by atoms with E-state index in [9.17, 15) is 9.59 Å². The number of carbonyl (C=O) groups excluding carboxylic acids is 2. The zero-order chi connectivity index (χ0) is 23.1. The lowest BCUT2D eigenvalue weighted by Crippen LogP contribution is -2.33. The van der Waals surface area contributed by atoms with Crippen molar-refractivity contribution in [2.24, 2.45) is 7.05 Å². The number of ether oxygens (including phenoxy) is 1. The number of imidazole rings is 2. The molecule has 1 aliphatic rings. The lowest BCUT2D eigenvalue weighted by atomic mass is 10.2. The maximum absolute atomic E-state index is 15.0. The van der Waals surface area contributed by atoms with Gasteiger partial charge in [0.1, 0.15) is 23.9 Å². The summed E-state index contributed by atoms with van der Waals surface area (Å²) < 4.78 is 23.8. The van der Waals surface area contributed by atoms with Crippen molar-refractivity contribution < 1.29 is 18.7 Å². The van der Waals surface area contributed by atoms with Gasteiger partial charge in [0, 0.05) is 20.2 Å². The van der Waals surface area contributed by atoms with E-state index in [-0.39, 0.29) is 19.0 Å². The van der Waals surface area contributed by atoms with Crippen LogP contribution in [0.25, 0.3) is 28.2 Å². The number of benzene rings is 2. The van der Waals surface area contributed by atoms with Crippen molar-refractivity contribution >= 4 is 28.7 Å². The predicted octanol–water partition coefficient (Wildman–Crippen LogP) is 3.03. The molecule has 1 atom stereocenters. The van der Waals surface area contributed by atoms with Crippen molar-refractivity contribution in [1.29, 1.82) is 0 Å². The van der Waals surface area contributed by atoms with E-state index < -0.39 is 18.0 Å². The van der Waals surface area contributed by atoms with Crippen LogP contribution in [0.15, 0.2) is 55.0 Å². The number of carbonyl (C=O) groups is 2. The number of nitrogens with one attached hydrogen (secondary N) is 1. The van der Waals surface area contributed by atoms with Gasteiger partial charge >= 0.3 is 6.09 Å². The summed E-state index contributed by atoms with van der Waals surface area (Å²) in [5.41, 5.74) is 3.11. The highest BCUT2D eigenvalue weighted by Gasteiger charge is 2.32. The largest absolute Gasteiger partial charge is 0.442 e. The first-order chi connectivity index (χ1) is 15.9. The number of cyclic esters (lactones) is 1. The van der Waals surface area contributed by atoms with Crippen molar-refractivity contribution in [3.8, 4) is 17.2 Å². The number of hydrogen-bond acceptors (Lipinski definition) is 5. The molecule has 0 radical (unpaired) electrons. The Labute approximate surface area is 188 Å². The van der Waals surface area contributed by atoms with Crippen LogP contribution in [-0.2, 0) is 16.6 Å². The normalized spacial score (nSPS) is 15.8. The average Bonchev–Trinajstić information content (AvgIpc) is 3.50. The van der Waals surface area contributed by atoms with E-state index >= 15 is 4.39 Å². The maximum atomic E-state index is 15.0. The lowest BCUT2D eigenvalue weighted by Gasteiger charge is -2.14. The van der Waals surface area contributed by atoms with Crippen molar-refractivity contribution in [3.05, 3.63) is 60.8 Å². The standard InChI is InChI=1S/C23H21FN6O3/c1-14(31)25-10-16-11-30(23(32)33-16)15-7-8-20(17(24)9-15)29-12-19(26-13-29)22-27-18-5-3-4-6-21(18)28(22)2/h3-9,12-13,16H,10-11H2,1-2H3,(H,25,31)/t16-/m0/s1. The zero-order valence-electron chi connectivity index (χ0n) is 18.0. The Morgan fingerprint density at radius 2 is 2.09 bits per heavy atom. The van der Waals surface area contributed by atoms with E-state index in [0.29, 0.717) is 22.9 Å². The van der Waals surface area contributed by atoms with Crippen molar-refractivity contribution in [2.45, 2.75) is 13.0 Å². The number of para-hydroxylation sites is 2. The molecule has 0 saturated carbocycles. The van der Waals surface area contributed by atoms with E-state index in [0.717, 1.165) is 11.0 Å². The van der Waals surface area contributed by atoms with Gasteiger partial charge in [-0.25, -0.2) is 19.2 Å². The Morgan fingerprint density at radius 1 is 1.27 bits per heavy atom. The molecular formula is C23H21FN6O3. The van der Waals surface area contributed by atoms with Gasteiger partial charge in [-0.1, -0.05) is 12.1 Å². The van der Waals surface area contributed by atoms with Gasteiger partial charge in [-0.05, 0) is 30.3 Å². The number of halogens is 1. The van der Waals surface area contributed by atoms with E-state index in [1.165, 1.54) is 24.2 Å². The summed E-state index contributed by atoms with van der Waals surface area (Å²) in [7, 11) is 1.91. The molecule has 0 aliphatic carbocycles. The Hall–Kier alpha value is -4.21. The second-order valence-electron chi connectivity index (χ2n) is 7.84. The molecule has 1 N–H and O–H groups in total. The highest BCUT2D eigenvalue weighted by Crippen LogP contribution is 2.27. The van der Waals surface area contributed by atoms with E-state index in [1.54, 1.807) is 22.9 Å². The Morgan fingerprint density at radius 3 is 2.85 bits per heavy atom. The second kappa shape index (κ2) is 8.05.